The van der Waals surface area contributed by atoms with E-state index >= 15 is 0 Å². The number of rotatable bonds is 8. The minimum atomic E-state index is -1.65. The normalized spacial score (nSPS) is 12.6. The number of benzene rings is 2. The maximum atomic E-state index is 6.26. The van der Waals surface area contributed by atoms with Crippen molar-refractivity contribution in [2.75, 3.05) is 19.7 Å². The predicted molar refractivity (Wildman–Crippen MR) is 111 cm³/mol. The van der Waals surface area contributed by atoms with Crippen molar-refractivity contribution in [3.63, 3.8) is 0 Å². The molecule has 0 amide bonds. The van der Waals surface area contributed by atoms with Gasteiger partial charge in [0.1, 0.15) is 0 Å². The van der Waals surface area contributed by atoms with E-state index in [1.807, 2.05) is 0 Å². The molecule has 0 fully saturated rings. The molecule has 2 aromatic carbocycles. The van der Waals surface area contributed by atoms with Crippen LogP contribution in [0.2, 0.25) is 18.1 Å². The van der Waals surface area contributed by atoms with E-state index in [1.165, 1.54) is 11.1 Å². The highest BCUT2D eigenvalue weighted by Crippen LogP contribution is 2.36. The minimum Gasteiger partial charge on any atom is -0.416 e. The molecule has 0 atom stereocenters. The average Bonchev–Trinajstić information content (AvgIpc) is 2.58. The Kier molecular flexibility index (Phi) is 7.00. The van der Waals surface area contributed by atoms with E-state index in [0.29, 0.717) is 5.92 Å². The van der Waals surface area contributed by atoms with Gasteiger partial charge in [-0.05, 0) is 29.3 Å². The predicted octanol–water partition coefficient (Wildman–Crippen LogP) is 5.43. The van der Waals surface area contributed by atoms with Crippen molar-refractivity contribution in [2.45, 2.75) is 44.8 Å². The molecule has 2 aromatic rings. The molecule has 2 rings (SSSR count). The molecule has 0 heterocycles. The van der Waals surface area contributed by atoms with Crippen LogP contribution in [0.4, 0.5) is 0 Å². The molecular weight excluding hydrogens is 322 g/mol. The van der Waals surface area contributed by atoms with Crippen molar-refractivity contribution in [1.29, 1.82) is 0 Å². The van der Waals surface area contributed by atoms with Crippen molar-refractivity contribution < 1.29 is 4.43 Å². The average molecular weight is 356 g/mol. The second kappa shape index (κ2) is 8.79. The van der Waals surface area contributed by atoms with Gasteiger partial charge < -0.3 is 9.74 Å². The molecular formula is C22H33NOSi. The van der Waals surface area contributed by atoms with Gasteiger partial charge in [-0.15, -0.1) is 0 Å². The summed E-state index contributed by atoms with van der Waals surface area (Å²) < 4.78 is 6.26. The number of nitrogens with one attached hydrogen (secondary N) is 1. The Balaban J connectivity index is 1.91. The van der Waals surface area contributed by atoms with E-state index in [1.54, 1.807) is 0 Å². The van der Waals surface area contributed by atoms with Crippen LogP contribution in [0, 0.1) is 0 Å². The highest BCUT2D eigenvalue weighted by Gasteiger charge is 2.36. The van der Waals surface area contributed by atoms with Crippen LogP contribution in [0.15, 0.2) is 60.7 Å². The molecule has 0 aromatic heterocycles. The van der Waals surface area contributed by atoms with E-state index in [9.17, 15) is 0 Å². The third kappa shape index (κ3) is 5.81. The van der Waals surface area contributed by atoms with E-state index in [2.05, 4.69) is 99.8 Å². The van der Waals surface area contributed by atoms with Crippen LogP contribution in [0.1, 0.15) is 37.8 Å². The lowest BCUT2D eigenvalue weighted by molar-refractivity contribution is 0.285. The molecule has 0 aliphatic heterocycles. The molecule has 0 spiro atoms. The molecule has 25 heavy (non-hydrogen) atoms. The molecule has 0 saturated heterocycles. The zero-order valence-electron chi connectivity index (χ0n) is 16.4. The van der Waals surface area contributed by atoms with Gasteiger partial charge in [0, 0.05) is 25.6 Å². The highest BCUT2D eigenvalue weighted by atomic mass is 28.4. The van der Waals surface area contributed by atoms with Gasteiger partial charge in [0.25, 0.3) is 0 Å². The first-order chi connectivity index (χ1) is 11.8. The van der Waals surface area contributed by atoms with Crippen molar-refractivity contribution in [3.8, 4) is 0 Å². The van der Waals surface area contributed by atoms with Crippen molar-refractivity contribution in [3.05, 3.63) is 71.8 Å². The molecule has 1 N–H and O–H groups in total. The molecule has 0 unspecified atom stereocenters. The highest BCUT2D eigenvalue weighted by molar-refractivity contribution is 6.74. The monoisotopic (exact) mass is 355 g/mol. The van der Waals surface area contributed by atoms with Gasteiger partial charge >= 0.3 is 0 Å². The third-order valence-electron chi connectivity index (χ3n) is 5.30. The Morgan fingerprint density at radius 1 is 0.880 bits per heavy atom. The standard InChI is InChI=1S/C22H33NOSi/c1-22(2,3)25(4,5)24-17-16-23-18-21(19-12-8-6-9-13-19)20-14-10-7-11-15-20/h6-15,21,23H,16-18H2,1-5H3. The molecule has 0 aliphatic rings. The SMILES string of the molecule is CC(C)(C)[Si](C)(C)OCCNCC(c1ccccc1)c1ccccc1. The van der Waals surface area contributed by atoms with E-state index in [4.69, 9.17) is 4.43 Å². The summed E-state index contributed by atoms with van der Waals surface area (Å²) in [4.78, 5) is 0. The fraction of sp³-hybridized carbons (Fsp3) is 0.455. The zero-order valence-corrected chi connectivity index (χ0v) is 17.4. The number of hydrogen-bond donors (Lipinski definition) is 1. The Labute approximate surface area is 154 Å². The van der Waals surface area contributed by atoms with Crippen LogP contribution >= 0.6 is 0 Å². The first-order valence-corrected chi connectivity index (χ1v) is 12.2. The van der Waals surface area contributed by atoms with Crippen LogP contribution in [-0.4, -0.2) is 28.0 Å². The van der Waals surface area contributed by atoms with Crippen LogP contribution in [0.3, 0.4) is 0 Å². The van der Waals surface area contributed by atoms with E-state index < -0.39 is 8.32 Å². The lowest BCUT2D eigenvalue weighted by atomic mass is 9.91. The second-order valence-corrected chi connectivity index (χ2v) is 13.0. The Hall–Kier alpha value is -1.42. The smallest absolute Gasteiger partial charge is 0.192 e. The van der Waals surface area contributed by atoms with E-state index in [0.717, 1.165) is 19.7 Å². The van der Waals surface area contributed by atoms with Crippen LogP contribution < -0.4 is 5.32 Å². The first-order valence-electron chi connectivity index (χ1n) is 9.26. The summed E-state index contributed by atoms with van der Waals surface area (Å²) >= 11 is 0. The molecule has 136 valence electrons. The maximum absolute atomic E-state index is 6.26. The zero-order chi connectivity index (χ0) is 18.3. The summed E-state index contributed by atoms with van der Waals surface area (Å²) in [5.41, 5.74) is 2.71. The second-order valence-electron chi connectivity index (χ2n) is 8.19. The lowest BCUT2D eigenvalue weighted by Crippen LogP contribution is -2.42. The van der Waals surface area contributed by atoms with Crippen LogP contribution in [-0.2, 0) is 4.43 Å². The molecule has 0 aliphatic carbocycles. The molecule has 0 saturated carbocycles. The van der Waals surface area contributed by atoms with E-state index in [-0.39, 0.29) is 5.04 Å². The molecule has 0 radical (unpaired) electrons. The van der Waals surface area contributed by atoms with Gasteiger partial charge in [0.2, 0.25) is 0 Å². The Morgan fingerprint density at radius 3 is 1.80 bits per heavy atom. The minimum absolute atomic E-state index is 0.267. The summed E-state index contributed by atoms with van der Waals surface area (Å²) in [5.74, 6) is 0.371. The van der Waals surface area contributed by atoms with Crippen molar-refractivity contribution in [2.24, 2.45) is 0 Å². The quantitative estimate of drug-likeness (QED) is 0.503. The summed E-state index contributed by atoms with van der Waals surface area (Å²) in [6.45, 7) is 14.1. The topological polar surface area (TPSA) is 21.3 Å². The first kappa shape index (κ1) is 19.9. The summed E-state index contributed by atoms with van der Waals surface area (Å²) in [5, 5.41) is 3.87. The van der Waals surface area contributed by atoms with Gasteiger partial charge in [-0.1, -0.05) is 81.4 Å². The van der Waals surface area contributed by atoms with Gasteiger partial charge in [-0.25, -0.2) is 0 Å². The largest absolute Gasteiger partial charge is 0.416 e. The van der Waals surface area contributed by atoms with Crippen molar-refractivity contribution in [1.82, 2.24) is 5.32 Å². The molecule has 2 nitrogen and oxygen atoms in total. The fourth-order valence-corrected chi connectivity index (χ4v) is 3.69. The maximum Gasteiger partial charge on any atom is 0.192 e. The van der Waals surface area contributed by atoms with Gasteiger partial charge in [0.05, 0.1) is 0 Å². The van der Waals surface area contributed by atoms with Crippen LogP contribution in [0.25, 0.3) is 0 Å². The Bertz CT molecular complexity index is 580. The summed E-state index contributed by atoms with van der Waals surface area (Å²) in [6, 6.07) is 21.5. The fourth-order valence-electron chi connectivity index (χ4n) is 2.64. The van der Waals surface area contributed by atoms with Gasteiger partial charge in [-0.3, -0.25) is 0 Å². The molecule has 3 heteroatoms. The molecule has 0 bridgehead atoms. The van der Waals surface area contributed by atoms with Crippen LogP contribution in [0.5, 0.6) is 0 Å². The van der Waals surface area contributed by atoms with Gasteiger partial charge in [-0.2, -0.15) is 0 Å². The van der Waals surface area contributed by atoms with Crippen molar-refractivity contribution >= 4 is 8.32 Å². The van der Waals surface area contributed by atoms with Gasteiger partial charge in [0.15, 0.2) is 8.32 Å². The summed E-state index contributed by atoms with van der Waals surface area (Å²) in [7, 11) is -1.65. The number of hydrogen-bond acceptors (Lipinski definition) is 2. The lowest BCUT2D eigenvalue weighted by Gasteiger charge is -2.36. The third-order valence-corrected chi connectivity index (χ3v) is 9.84. The Morgan fingerprint density at radius 2 is 1.36 bits per heavy atom. The summed E-state index contributed by atoms with van der Waals surface area (Å²) in [6.07, 6.45) is 0.